The Labute approximate surface area is 77.8 Å². The van der Waals surface area contributed by atoms with Gasteiger partial charge in [-0.1, -0.05) is 0 Å². The number of aromatic nitrogens is 2. The molecule has 3 heteroatoms. The van der Waals surface area contributed by atoms with Crippen molar-refractivity contribution < 1.29 is 4.79 Å². The zero-order valence-electron chi connectivity index (χ0n) is 7.86. The standard InChI is InChI=1S/C10H14N2O/c1-12-7-6-11-10(12)5-4-9(13)8-2-3-8/h6-8H,2-5H2,1H3. The fourth-order valence-electron chi connectivity index (χ4n) is 1.48. The molecule has 0 aliphatic heterocycles. The van der Waals surface area contributed by atoms with Crippen molar-refractivity contribution in [2.45, 2.75) is 25.7 Å². The van der Waals surface area contributed by atoms with Gasteiger partial charge in [-0.3, -0.25) is 4.79 Å². The molecule has 0 atom stereocenters. The molecule has 1 aromatic rings. The van der Waals surface area contributed by atoms with Crippen molar-refractivity contribution in [2.24, 2.45) is 13.0 Å². The quantitative estimate of drug-likeness (QED) is 0.697. The molecule has 0 unspecified atom stereocenters. The summed E-state index contributed by atoms with van der Waals surface area (Å²) in [5.41, 5.74) is 0. The number of hydrogen-bond donors (Lipinski definition) is 0. The van der Waals surface area contributed by atoms with Gasteiger partial charge in [-0.05, 0) is 12.8 Å². The minimum Gasteiger partial charge on any atom is -0.338 e. The Morgan fingerprint density at radius 2 is 2.46 bits per heavy atom. The summed E-state index contributed by atoms with van der Waals surface area (Å²) in [6.07, 6.45) is 7.36. The van der Waals surface area contributed by atoms with E-state index in [1.165, 1.54) is 0 Å². The Balaban J connectivity index is 1.85. The largest absolute Gasteiger partial charge is 0.338 e. The van der Waals surface area contributed by atoms with Gasteiger partial charge in [-0.15, -0.1) is 0 Å². The average Bonchev–Trinajstić information content (AvgIpc) is 2.88. The topological polar surface area (TPSA) is 34.9 Å². The zero-order chi connectivity index (χ0) is 9.26. The fourth-order valence-corrected chi connectivity index (χ4v) is 1.48. The van der Waals surface area contributed by atoms with E-state index in [4.69, 9.17) is 0 Å². The number of Topliss-reactive ketones (excluding diaryl/α,β-unsaturated/α-hetero) is 1. The number of carbonyl (C=O) groups is 1. The molecule has 0 aromatic carbocycles. The average molecular weight is 178 g/mol. The minimum atomic E-state index is 0.389. The number of rotatable bonds is 4. The summed E-state index contributed by atoms with van der Waals surface area (Å²) < 4.78 is 1.97. The highest BCUT2D eigenvalue weighted by atomic mass is 16.1. The Hall–Kier alpha value is -1.12. The number of nitrogens with zero attached hydrogens (tertiary/aromatic N) is 2. The summed E-state index contributed by atoms with van der Waals surface area (Å²) in [7, 11) is 1.96. The highest BCUT2D eigenvalue weighted by Gasteiger charge is 2.28. The Morgan fingerprint density at radius 1 is 1.69 bits per heavy atom. The monoisotopic (exact) mass is 178 g/mol. The molecule has 1 aliphatic carbocycles. The fraction of sp³-hybridized carbons (Fsp3) is 0.600. The molecule has 1 aliphatic rings. The molecule has 0 N–H and O–H groups in total. The van der Waals surface area contributed by atoms with Crippen molar-refractivity contribution in [2.75, 3.05) is 0 Å². The van der Waals surface area contributed by atoms with Crippen LogP contribution in [0, 0.1) is 5.92 Å². The van der Waals surface area contributed by atoms with Crippen LogP contribution >= 0.6 is 0 Å². The SMILES string of the molecule is Cn1ccnc1CCC(=O)C1CC1. The molecular formula is C10H14N2O. The van der Waals surface area contributed by atoms with Gasteiger partial charge >= 0.3 is 0 Å². The van der Waals surface area contributed by atoms with Crippen LogP contribution in [0.15, 0.2) is 12.4 Å². The maximum absolute atomic E-state index is 11.4. The predicted molar refractivity (Wildman–Crippen MR) is 49.3 cm³/mol. The number of carbonyl (C=O) groups excluding carboxylic acids is 1. The lowest BCUT2D eigenvalue weighted by Crippen LogP contribution is -2.05. The smallest absolute Gasteiger partial charge is 0.136 e. The van der Waals surface area contributed by atoms with Crippen molar-refractivity contribution in [1.29, 1.82) is 0 Å². The van der Waals surface area contributed by atoms with Crippen LogP contribution in [-0.4, -0.2) is 15.3 Å². The molecule has 3 nitrogen and oxygen atoms in total. The zero-order valence-corrected chi connectivity index (χ0v) is 7.86. The van der Waals surface area contributed by atoms with Crippen molar-refractivity contribution in [3.05, 3.63) is 18.2 Å². The third-order valence-electron chi connectivity index (χ3n) is 2.55. The minimum absolute atomic E-state index is 0.389. The molecule has 1 saturated carbocycles. The van der Waals surface area contributed by atoms with Crippen LogP contribution in [0.25, 0.3) is 0 Å². The lowest BCUT2D eigenvalue weighted by molar-refractivity contribution is -0.120. The van der Waals surface area contributed by atoms with Gasteiger partial charge in [0.05, 0.1) is 0 Å². The van der Waals surface area contributed by atoms with E-state index in [0.717, 1.165) is 25.1 Å². The van der Waals surface area contributed by atoms with E-state index in [1.807, 2.05) is 17.8 Å². The first-order valence-corrected chi connectivity index (χ1v) is 4.76. The van der Waals surface area contributed by atoms with E-state index in [9.17, 15) is 4.79 Å². The van der Waals surface area contributed by atoms with Crippen LogP contribution in [0.4, 0.5) is 0 Å². The highest BCUT2D eigenvalue weighted by molar-refractivity contribution is 5.83. The van der Waals surface area contributed by atoms with Crippen LogP contribution in [0.3, 0.4) is 0 Å². The first-order chi connectivity index (χ1) is 6.27. The second kappa shape index (κ2) is 3.32. The summed E-state index contributed by atoms with van der Waals surface area (Å²) in [5.74, 6) is 1.82. The normalized spacial score (nSPS) is 16.1. The van der Waals surface area contributed by atoms with Crippen molar-refractivity contribution in [3.63, 3.8) is 0 Å². The van der Waals surface area contributed by atoms with Crippen LogP contribution in [0.2, 0.25) is 0 Å². The molecule has 0 spiro atoms. The van der Waals surface area contributed by atoms with Crippen LogP contribution in [-0.2, 0) is 18.3 Å². The Bertz CT molecular complexity index is 312. The van der Waals surface area contributed by atoms with Gasteiger partial charge < -0.3 is 4.57 Å². The number of ketones is 1. The summed E-state index contributed by atoms with van der Waals surface area (Å²) in [5, 5.41) is 0. The van der Waals surface area contributed by atoms with E-state index in [0.29, 0.717) is 18.1 Å². The third-order valence-corrected chi connectivity index (χ3v) is 2.55. The van der Waals surface area contributed by atoms with E-state index in [-0.39, 0.29) is 0 Å². The lowest BCUT2D eigenvalue weighted by atomic mass is 10.1. The van der Waals surface area contributed by atoms with Crippen molar-refractivity contribution in [3.8, 4) is 0 Å². The number of imidazole rings is 1. The molecule has 1 aromatic heterocycles. The molecule has 1 fully saturated rings. The van der Waals surface area contributed by atoms with E-state index < -0.39 is 0 Å². The van der Waals surface area contributed by atoms with Crippen LogP contribution in [0.5, 0.6) is 0 Å². The van der Waals surface area contributed by atoms with Crippen molar-refractivity contribution >= 4 is 5.78 Å². The van der Waals surface area contributed by atoms with E-state index in [2.05, 4.69) is 4.98 Å². The Morgan fingerprint density at radius 3 is 3.00 bits per heavy atom. The van der Waals surface area contributed by atoms with Crippen molar-refractivity contribution in [1.82, 2.24) is 9.55 Å². The maximum Gasteiger partial charge on any atom is 0.136 e. The van der Waals surface area contributed by atoms with E-state index >= 15 is 0 Å². The van der Waals surface area contributed by atoms with Gasteiger partial charge in [0.1, 0.15) is 11.6 Å². The molecular weight excluding hydrogens is 164 g/mol. The Kier molecular flexibility index (Phi) is 2.17. The number of hydrogen-bond acceptors (Lipinski definition) is 2. The highest BCUT2D eigenvalue weighted by Crippen LogP contribution is 2.31. The summed E-state index contributed by atoms with van der Waals surface area (Å²) in [6, 6.07) is 0. The second-order valence-corrected chi connectivity index (χ2v) is 3.69. The first kappa shape index (κ1) is 8.48. The lowest BCUT2D eigenvalue weighted by Gasteiger charge is -1.99. The molecule has 0 amide bonds. The molecule has 0 saturated heterocycles. The predicted octanol–water partition coefficient (Wildman–Crippen LogP) is 1.33. The maximum atomic E-state index is 11.4. The first-order valence-electron chi connectivity index (χ1n) is 4.76. The molecule has 13 heavy (non-hydrogen) atoms. The van der Waals surface area contributed by atoms with Gasteiger partial charge in [-0.25, -0.2) is 4.98 Å². The van der Waals surface area contributed by atoms with Gasteiger partial charge in [0.25, 0.3) is 0 Å². The molecule has 0 bridgehead atoms. The van der Waals surface area contributed by atoms with Crippen LogP contribution in [0.1, 0.15) is 25.1 Å². The van der Waals surface area contributed by atoms with Gasteiger partial charge in [0, 0.05) is 38.2 Å². The number of aryl methyl sites for hydroxylation is 2. The van der Waals surface area contributed by atoms with E-state index in [1.54, 1.807) is 6.20 Å². The van der Waals surface area contributed by atoms with Gasteiger partial charge in [0.15, 0.2) is 0 Å². The summed E-state index contributed by atoms with van der Waals surface area (Å²) >= 11 is 0. The molecule has 70 valence electrons. The van der Waals surface area contributed by atoms with Gasteiger partial charge in [0.2, 0.25) is 0 Å². The molecule has 2 rings (SSSR count). The molecule has 0 radical (unpaired) electrons. The third kappa shape index (κ3) is 1.97. The molecule has 1 heterocycles. The second-order valence-electron chi connectivity index (χ2n) is 3.69. The summed E-state index contributed by atoms with van der Waals surface area (Å²) in [4.78, 5) is 15.6. The summed E-state index contributed by atoms with van der Waals surface area (Å²) in [6.45, 7) is 0. The van der Waals surface area contributed by atoms with Gasteiger partial charge in [-0.2, -0.15) is 0 Å². The van der Waals surface area contributed by atoms with Crippen LogP contribution < -0.4 is 0 Å².